The highest BCUT2D eigenvalue weighted by Crippen LogP contribution is 2.17. The minimum atomic E-state index is -0.198. The lowest BCUT2D eigenvalue weighted by atomic mass is 10.2. The maximum Gasteiger partial charge on any atom is 0.123 e. The molecule has 0 unspecified atom stereocenters. The lowest BCUT2D eigenvalue weighted by molar-refractivity contribution is 0.282. The van der Waals surface area contributed by atoms with Gasteiger partial charge in [-0.05, 0) is 49.8 Å². The Morgan fingerprint density at radius 1 is 1.19 bits per heavy atom. The number of nitrogens with zero attached hydrogens (tertiary/aromatic N) is 1. The fourth-order valence-corrected chi connectivity index (χ4v) is 2.31. The molecule has 114 valence electrons. The second-order valence-electron chi connectivity index (χ2n) is 5.40. The molecule has 0 radical (unpaired) electrons. The number of benzene rings is 1. The molecule has 0 spiro atoms. The van der Waals surface area contributed by atoms with Crippen molar-refractivity contribution in [1.82, 2.24) is 10.2 Å². The molecule has 0 saturated heterocycles. The quantitative estimate of drug-likeness (QED) is 0.846. The number of halogens is 1. The predicted octanol–water partition coefficient (Wildman–Crippen LogP) is 3.47. The van der Waals surface area contributed by atoms with E-state index in [1.165, 1.54) is 17.7 Å². The van der Waals surface area contributed by atoms with Crippen LogP contribution in [0.3, 0.4) is 0 Å². The van der Waals surface area contributed by atoms with Crippen LogP contribution in [0.25, 0.3) is 0 Å². The van der Waals surface area contributed by atoms with Crippen molar-refractivity contribution in [2.24, 2.45) is 0 Å². The van der Waals surface area contributed by atoms with Gasteiger partial charge in [0.25, 0.3) is 0 Å². The van der Waals surface area contributed by atoms with Crippen LogP contribution >= 0.6 is 0 Å². The number of hydrogen-bond donors (Lipinski definition) is 1. The highest BCUT2D eigenvalue weighted by molar-refractivity contribution is 5.20. The van der Waals surface area contributed by atoms with E-state index in [2.05, 4.69) is 30.1 Å². The molecule has 0 amide bonds. The third-order valence-electron chi connectivity index (χ3n) is 3.40. The minimum Gasteiger partial charge on any atom is -0.463 e. The Labute approximate surface area is 125 Å². The van der Waals surface area contributed by atoms with Gasteiger partial charge in [-0.25, -0.2) is 4.39 Å². The molecule has 21 heavy (non-hydrogen) atoms. The lowest BCUT2D eigenvalue weighted by Crippen LogP contribution is -2.16. The van der Waals surface area contributed by atoms with Gasteiger partial charge in [0.2, 0.25) is 0 Å². The summed E-state index contributed by atoms with van der Waals surface area (Å²) in [6.45, 7) is 7.35. The van der Waals surface area contributed by atoms with Crippen molar-refractivity contribution in [3.8, 4) is 0 Å². The monoisotopic (exact) mass is 290 g/mol. The number of nitrogens with one attached hydrogen (secondary N) is 1. The van der Waals surface area contributed by atoms with Crippen molar-refractivity contribution >= 4 is 0 Å². The van der Waals surface area contributed by atoms with Crippen LogP contribution < -0.4 is 5.32 Å². The maximum absolute atomic E-state index is 12.9. The molecule has 2 aromatic rings. The molecule has 1 aromatic heterocycles. The van der Waals surface area contributed by atoms with Crippen LogP contribution in [0.1, 0.15) is 29.6 Å². The maximum atomic E-state index is 12.9. The van der Waals surface area contributed by atoms with Crippen molar-refractivity contribution in [2.45, 2.75) is 33.5 Å². The van der Waals surface area contributed by atoms with Crippen molar-refractivity contribution in [3.63, 3.8) is 0 Å². The third kappa shape index (κ3) is 4.69. The van der Waals surface area contributed by atoms with Crippen LogP contribution in [0.15, 0.2) is 34.7 Å². The van der Waals surface area contributed by atoms with Gasteiger partial charge in [-0.15, -0.1) is 0 Å². The van der Waals surface area contributed by atoms with Gasteiger partial charge in [0.1, 0.15) is 17.3 Å². The van der Waals surface area contributed by atoms with Gasteiger partial charge in [0.05, 0.1) is 13.1 Å². The van der Waals surface area contributed by atoms with Crippen LogP contribution in [0.4, 0.5) is 4.39 Å². The molecule has 2 rings (SSSR count). The van der Waals surface area contributed by atoms with E-state index >= 15 is 0 Å². The van der Waals surface area contributed by atoms with E-state index in [9.17, 15) is 4.39 Å². The molecule has 0 aliphatic heterocycles. The predicted molar refractivity (Wildman–Crippen MR) is 82.4 cm³/mol. The normalized spacial score (nSPS) is 11.3. The van der Waals surface area contributed by atoms with Gasteiger partial charge in [-0.1, -0.05) is 19.1 Å². The first-order valence-corrected chi connectivity index (χ1v) is 7.30. The van der Waals surface area contributed by atoms with E-state index in [4.69, 9.17) is 4.42 Å². The van der Waals surface area contributed by atoms with Gasteiger partial charge < -0.3 is 9.73 Å². The zero-order valence-corrected chi connectivity index (χ0v) is 12.9. The van der Waals surface area contributed by atoms with E-state index in [0.29, 0.717) is 0 Å². The summed E-state index contributed by atoms with van der Waals surface area (Å²) in [4.78, 5) is 2.16. The Kier molecular flexibility index (Phi) is 5.53. The highest BCUT2D eigenvalue weighted by atomic mass is 19.1. The SMILES string of the molecule is CCNCc1oc(CN(C)Cc2ccc(F)cc2)cc1C. The molecule has 0 aliphatic rings. The first-order chi connectivity index (χ1) is 10.1. The summed E-state index contributed by atoms with van der Waals surface area (Å²) < 4.78 is 18.8. The molecule has 0 fully saturated rings. The summed E-state index contributed by atoms with van der Waals surface area (Å²) in [6, 6.07) is 8.71. The molecule has 3 nitrogen and oxygen atoms in total. The number of hydrogen-bond acceptors (Lipinski definition) is 3. The molecule has 0 aliphatic carbocycles. The highest BCUT2D eigenvalue weighted by Gasteiger charge is 2.09. The molecule has 1 heterocycles. The molecular weight excluding hydrogens is 267 g/mol. The molecule has 1 N–H and O–H groups in total. The zero-order valence-electron chi connectivity index (χ0n) is 12.9. The van der Waals surface area contributed by atoms with Gasteiger partial charge in [-0.3, -0.25) is 4.90 Å². The summed E-state index contributed by atoms with van der Waals surface area (Å²) in [5.74, 6) is 1.77. The molecule has 1 aromatic carbocycles. The van der Waals surface area contributed by atoms with Gasteiger partial charge in [-0.2, -0.15) is 0 Å². The van der Waals surface area contributed by atoms with E-state index in [-0.39, 0.29) is 5.82 Å². The van der Waals surface area contributed by atoms with Gasteiger partial charge in [0.15, 0.2) is 0 Å². The van der Waals surface area contributed by atoms with Crippen molar-refractivity contribution < 1.29 is 8.81 Å². The van der Waals surface area contributed by atoms with Gasteiger partial charge >= 0.3 is 0 Å². The number of aryl methyl sites for hydroxylation is 1. The summed E-state index contributed by atoms with van der Waals surface area (Å²) in [5.41, 5.74) is 2.27. The Morgan fingerprint density at radius 3 is 2.57 bits per heavy atom. The molecule has 0 bridgehead atoms. The molecule has 0 atom stereocenters. The third-order valence-corrected chi connectivity index (χ3v) is 3.40. The van der Waals surface area contributed by atoms with Gasteiger partial charge in [0, 0.05) is 6.54 Å². The van der Waals surface area contributed by atoms with Crippen LogP contribution in [0, 0.1) is 12.7 Å². The average Bonchev–Trinajstić information content (AvgIpc) is 2.79. The summed E-state index contributed by atoms with van der Waals surface area (Å²) in [5, 5.41) is 3.27. The first kappa shape index (κ1) is 15.7. The Bertz CT molecular complexity index is 563. The first-order valence-electron chi connectivity index (χ1n) is 7.30. The number of rotatable bonds is 7. The smallest absolute Gasteiger partial charge is 0.123 e. The van der Waals surface area contributed by atoms with Crippen molar-refractivity contribution in [1.29, 1.82) is 0 Å². The standard InChI is InChI=1S/C17H23FN2O/c1-4-19-10-17-13(2)9-16(21-17)12-20(3)11-14-5-7-15(18)8-6-14/h5-9,19H,4,10-12H2,1-3H3. The van der Waals surface area contributed by atoms with Crippen molar-refractivity contribution in [2.75, 3.05) is 13.6 Å². The fourth-order valence-electron chi connectivity index (χ4n) is 2.31. The zero-order chi connectivity index (χ0) is 15.2. The fraction of sp³-hybridized carbons (Fsp3) is 0.412. The molecule has 4 heteroatoms. The summed E-state index contributed by atoms with van der Waals surface area (Å²) in [7, 11) is 2.03. The summed E-state index contributed by atoms with van der Waals surface area (Å²) in [6.07, 6.45) is 0. The van der Waals surface area contributed by atoms with Crippen LogP contribution in [0.2, 0.25) is 0 Å². The Morgan fingerprint density at radius 2 is 1.90 bits per heavy atom. The average molecular weight is 290 g/mol. The van der Waals surface area contributed by atoms with E-state index < -0.39 is 0 Å². The van der Waals surface area contributed by atoms with Crippen LogP contribution in [0.5, 0.6) is 0 Å². The largest absolute Gasteiger partial charge is 0.463 e. The van der Waals surface area contributed by atoms with E-state index in [1.54, 1.807) is 0 Å². The van der Waals surface area contributed by atoms with Crippen LogP contribution in [-0.2, 0) is 19.6 Å². The lowest BCUT2D eigenvalue weighted by Gasteiger charge is -2.15. The Balaban J connectivity index is 1.93. The molecular formula is C17H23FN2O. The second kappa shape index (κ2) is 7.38. The van der Waals surface area contributed by atoms with E-state index in [1.807, 2.05) is 19.2 Å². The van der Waals surface area contributed by atoms with Crippen molar-refractivity contribution in [3.05, 3.63) is 58.8 Å². The topological polar surface area (TPSA) is 28.4 Å². The van der Waals surface area contributed by atoms with Crippen LogP contribution in [-0.4, -0.2) is 18.5 Å². The number of furan rings is 1. The van der Waals surface area contributed by atoms with E-state index in [0.717, 1.165) is 43.3 Å². The Hall–Kier alpha value is -1.65. The molecule has 0 saturated carbocycles. The summed E-state index contributed by atoms with van der Waals surface area (Å²) >= 11 is 0. The second-order valence-corrected chi connectivity index (χ2v) is 5.40. The minimum absolute atomic E-state index is 0.198.